The first-order chi connectivity index (χ1) is 8.24. The van der Waals surface area contributed by atoms with Crippen molar-refractivity contribution in [3.63, 3.8) is 0 Å². The highest BCUT2D eigenvalue weighted by Crippen LogP contribution is 2.34. The van der Waals surface area contributed by atoms with E-state index in [1.54, 1.807) is 14.2 Å². The van der Waals surface area contributed by atoms with Crippen molar-refractivity contribution < 1.29 is 9.47 Å². The summed E-state index contributed by atoms with van der Waals surface area (Å²) in [5.41, 5.74) is 8.34. The molecule has 92 valence electrons. The van der Waals surface area contributed by atoms with Crippen LogP contribution in [0, 0.1) is 0 Å². The van der Waals surface area contributed by atoms with Gasteiger partial charge in [-0.15, -0.1) is 0 Å². The average molecular weight is 233 g/mol. The number of nitrogens with two attached hydrogens (primary N) is 1. The molecule has 0 aliphatic heterocycles. The molecular formula is C14H19NO2. The molecule has 0 heterocycles. The summed E-state index contributed by atoms with van der Waals surface area (Å²) in [6.07, 6.45) is 5.39. The van der Waals surface area contributed by atoms with Gasteiger partial charge in [0.1, 0.15) is 11.5 Å². The van der Waals surface area contributed by atoms with Crippen molar-refractivity contribution in [1.82, 2.24) is 0 Å². The second-order valence-corrected chi connectivity index (χ2v) is 4.31. The fourth-order valence-corrected chi connectivity index (χ4v) is 2.24. The predicted molar refractivity (Wildman–Crippen MR) is 69.3 cm³/mol. The summed E-state index contributed by atoms with van der Waals surface area (Å²) in [5, 5.41) is 0. The van der Waals surface area contributed by atoms with Crippen LogP contribution in [-0.4, -0.2) is 20.3 Å². The molecule has 0 radical (unpaired) electrons. The number of methoxy groups -OCH3 is 2. The largest absolute Gasteiger partial charge is 0.497 e. The maximum Gasteiger partial charge on any atom is 0.126 e. The molecule has 1 aromatic carbocycles. The van der Waals surface area contributed by atoms with Crippen molar-refractivity contribution >= 4 is 5.57 Å². The lowest BCUT2D eigenvalue weighted by atomic mass is 9.91. The first-order valence-corrected chi connectivity index (χ1v) is 5.93. The molecule has 0 spiro atoms. The van der Waals surface area contributed by atoms with Crippen molar-refractivity contribution in [3.05, 3.63) is 29.8 Å². The third kappa shape index (κ3) is 2.61. The van der Waals surface area contributed by atoms with E-state index in [9.17, 15) is 0 Å². The summed E-state index contributed by atoms with van der Waals surface area (Å²) in [6.45, 7) is 0. The number of hydrogen-bond acceptors (Lipinski definition) is 3. The summed E-state index contributed by atoms with van der Waals surface area (Å²) in [7, 11) is 3.36. The van der Waals surface area contributed by atoms with Crippen LogP contribution in [0.1, 0.15) is 24.8 Å². The number of rotatable bonds is 3. The van der Waals surface area contributed by atoms with Gasteiger partial charge in [-0.3, -0.25) is 0 Å². The van der Waals surface area contributed by atoms with E-state index in [4.69, 9.17) is 15.2 Å². The lowest BCUT2D eigenvalue weighted by Gasteiger charge is -2.20. The van der Waals surface area contributed by atoms with Crippen LogP contribution in [0.2, 0.25) is 0 Å². The number of hydrogen-bond donors (Lipinski definition) is 1. The van der Waals surface area contributed by atoms with Crippen LogP contribution in [0.5, 0.6) is 11.5 Å². The summed E-state index contributed by atoms with van der Waals surface area (Å²) >= 11 is 0. The van der Waals surface area contributed by atoms with Crippen molar-refractivity contribution in [3.8, 4) is 11.5 Å². The van der Waals surface area contributed by atoms with Crippen LogP contribution in [0.3, 0.4) is 0 Å². The molecule has 0 amide bonds. The third-order valence-corrected chi connectivity index (χ3v) is 3.15. The molecule has 2 N–H and O–H groups in total. The van der Waals surface area contributed by atoms with Crippen LogP contribution in [0.25, 0.3) is 5.57 Å². The van der Waals surface area contributed by atoms with Crippen LogP contribution in [0.4, 0.5) is 0 Å². The molecule has 0 saturated heterocycles. The van der Waals surface area contributed by atoms with Gasteiger partial charge in [-0.2, -0.15) is 0 Å². The second-order valence-electron chi connectivity index (χ2n) is 4.31. The molecule has 3 nitrogen and oxygen atoms in total. The van der Waals surface area contributed by atoms with Crippen molar-refractivity contribution in [1.29, 1.82) is 0 Å². The molecule has 0 fully saturated rings. The second kappa shape index (κ2) is 5.23. The van der Waals surface area contributed by atoms with Gasteiger partial charge < -0.3 is 15.2 Å². The zero-order valence-corrected chi connectivity index (χ0v) is 10.4. The van der Waals surface area contributed by atoms with Gasteiger partial charge in [-0.25, -0.2) is 0 Å². The van der Waals surface area contributed by atoms with E-state index in [-0.39, 0.29) is 6.04 Å². The molecule has 0 aromatic heterocycles. The van der Waals surface area contributed by atoms with E-state index in [0.29, 0.717) is 0 Å². The van der Waals surface area contributed by atoms with Gasteiger partial charge in [0.15, 0.2) is 0 Å². The van der Waals surface area contributed by atoms with Gasteiger partial charge in [0.05, 0.1) is 14.2 Å². The minimum atomic E-state index is 0.162. The molecule has 2 rings (SSSR count). The highest BCUT2D eigenvalue weighted by Gasteiger charge is 2.15. The smallest absolute Gasteiger partial charge is 0.126 e. The molecule has 1 atom stereocenters. The Morgan fingerprint density at radius 2 is 2.06 bits per heavy atom. The maximum absolute atomic E-state index is 5.98. The van der Waals surface area contributed by atoms with Gasteiger partial charge >= 0.3 is 0 Å². The van der Waals surface area contributed by atoms with E-state index < -0.39 is 0 Å². The zero-order valence-electron chi connectivity index (χ0n) is 10.4. The summed E-state index contributed by atoms with van der Waals surface area (Å²) in [5.74, 6) is 1.73. The highest BCUT2D eigenvalue weighted by molar-refractivity contribution is 5.72. The van der Waals surface area contributed by atoms with Crippen molar-refractivity contribution in [2.45, 2.75) is 25.3 Å². The van der Waals surface area contributed by atoms with E-state index in [2.05, 4.69) is 6.08 Å². The third-order valence-electron chi connectivity index (χ3n) is 3.15. The van der Waals surface area contributed by atoms with Crippen LogP contribution in [0.15, 0.2) is 24.3 Å². The Hall–Kier alpha value is -1.48. The minimum Gasteiger partial charge on any atom is -0.497 e. The monoisotopic (exact) mass is 233 g/mol. The summed E-state index contributed by atoms with van der Waals surface area (Å²) in [6, 6.07) is 6.03. The number of allylic oxidation sites excluding steroid dienone is 1. The molecule has 17 heavy (non-hydrogen) atoms. The van der Waals surface area contributed by atoms with E-state index >= 15 is 0 Å². The lowest BCUT2D eigenvalue weighted by molar-refractivity contribution is 0.401. The Balaban J connectivity index is 2.41. The predicted octanol–water partition coefficient (Wildman–Crippen LogP) is 2.60. The van der Waals surface area contributed by atoms with Crippen LogP contribution < -0.4 is 15.2 Å². The minimum absolute atomic E-state index is 0.162. The van der Waals surface area contributed by atoms with E-state index in [1.807, 2.05) is 18.2 Å². The summed E-state index contributed by atoms with van der Waals surface area (Å²) in [4.78, 5) is 0. The molecule has 1 aliphatic carbocycles. The Bertz CT molecular complexity index is 426. The average Bonchev–Trinajstić information content (AvgIpc) is 2.38. The lowest BCUT2D eigenvalue weighted by Crippen LogP contribution is -2.20. The van der Waals surface area contributed by atoms with Crippen molar-refractivity contribution in [2.24, 2.45) is 5.73 Å². The summed E-state index contributed by atoms with van der Waals surface area (Å²) < 4.78 is 10.7. The molecule has 0 bridgehead atoms. The molecule has 1 aromatic rings. The highest BCUT2D eigenvalue weighted by atomic mass is 16.5. The molecule has 1 unspecified atom stereocenters. The van der Waals surface area contributed by atoms with Crippen LogP contribution >= 0.6 is 0 Å². The number of benzene rings is 1. The Morgan fingerprint density at radius 3 is 2.71 bits per heavy atom. The Morgan fingerprint density at radius 1 is 1.24 bits per heavy atom. The Labute approximate surface area is 102 Å². The van der Waals surface area contributed by atoms with E-state index in [1.165, 1.54) is 5.57 Å². The SMILES string of the molecule is COc1ccc(OC)c(C2=CC(N)CCC2)c1. The standard InChI is InChI=1S/C14H19NO2/c1-16-12-6-7-14(17-2)13(9-12)10-4-3-5-11(15)8-10/h6-9,11H,3-5,15H2,1-2H3. The fraction of sp³-hybridized carbons (Fsp3) is 0.429. The van der Waals surface area contributed by atoms with Crippen molar-refractivity contribution in [2.75, 3.05) is 14.2 Å². The topological polar surface area (TPSA) is 44.5 Å². The normalized spacial score (nSPS) is 19.7. The van der Waals surface area contributed by atoms with Gasteiger partial charge in [0.2, 0.25) is 0 Å². The van der Waals surface area contributed by atoms with Gasteiger partial charge in [-0.1, -0.05) is 6.08 Å². The van der Waals surface area contributed by atoms with E-state index in [0.717, 1.165) is 36.3 Å². The quantitative estimate of drug-likeness (QED) is 0.872. The first-order valence-electron chi connectivity index (χ1n) is 5.93. The number of ether oxygens (including phenoxy) is 2. The molecule has 0 saturated carbocycles. The maximum atomic E-state index is 5.98. The van der Waals surface area contributed by atoms with Crippen LogP contribution in [-0.2, 0) is 0 Å². The molecule has 1 aliphatic rings. The van der Waals surface area contributed by atoms with Gasteiger partial charge in [0.25, 0.3) is 0 Å². The Kier molecular flexibility index (Phi) is 3.69. The molecular weight excluding hydrogens is 214 g/mol. The fourth-order valence-electron chi connectivity index (χ4n) is 2.24. The van der Waals surface area contributed by atoms with Gasteiger partial charge in [0, 0.05) is 11.6 Å². The molecule has 3 heteroatoms. The first kappa shape index (κ1) is 12.0. The van der Waals surface area contributed by atoms with Gasteiger partial charge in [-0.05, 0) is 43.0 Å². The zero-order chi connectivity index (χ0) is 12.3.